The number of amides is 1. The first-order valence-corrected chi connectivity index (χ1v) is 7.70. The quantitative estimate of drug-likeness (QED) is 0.801. The van der Waals surface area contributed by atoms with Crippen LogP contribution in [0, 0.1) is 0 Å². The summed E-state index contributed by atoms with van der Waals surface area (Å²) in [6, 6.07) is 5.15. The number of nitrogens with zero attached hydrogens (tertiary/aromatic N) is 2. The highest BCUT2D eigenvalue weighted by molar-refractivity contribution is 5.92. The van der Waals surface area contributed by atoms with Crippen LogP contribution in [-0.2, 0) is 0 Å². The maximum absolute atomic E-state index is 11.9. The molecule has 0 radical (unpaired) electrons. The Labute approximate surface area is 137 Å². The SMILES string of the molecule is C=CC1=C(C=C)CN(CC(O)CNC(=O)c2ccccn2)CC1. The Morgan fingerprint density at radius 2 is 2.17 bits per heavy atom. The lowest BCUT2D eigenvalue weighted by atomic mass is 10.00. The Morgan fingerprint density at radius 3 is 2.83 bits per heavy atom. The van der Waals surface area contributed by atoms with Gasteiger partial charge in [0.25, 0.3) is 5.91 Å². The maximum Gasteiger partial charge on any atom is 0.269 e. The van der Waals surface area contributed by atoms with Crippen LogP contribution in [-0.4, -0.2) is 53.2 Å². The predicted molar refractivity (Wildman–Crippen MR) is 91.1 cm³/mol. The molecule has 2 rings (SSSR count). The summed E-state index contributed by atoms with van der Waals surface area (Å²) in [5.41, 5.74) is 2.72. The fourth-order valence-electron chi connectivity index (χ4n) is 2.61. The normalized spacial score (nSPS) is 16.7. The third-order valence-electron chi connectivity index (χ3n) is 3.86. The van der Waals surface area contributed by atoms with Crippen LogP contribution in [0.25, 0.3) is 0 Å². The average molecular weight is 313 g/mol. The first-order chi connectivity index (χ1) is 11.1. The van der Waals surface area contributed by atoms with Crippen molar-refractivity contribution in [3.63, 3.8) is 0 Å². The molecular formula is C18H23N3O2. The van der Waals surface area contributed by atoms with Crippen LogP contribution < -0.4 is 5.32 Å². The zero-order chi connectivity index (χ0) is 16.7. The molecule has 5 nitrogen and oxygen atoms in total. The van der Waals surface area contributed by atoms with Crippen LogP contribution >= 0.6 is 0 Å². The second kappa shape index (κ2) is 8.41. The maximum atomic E-state index is 11.9. The fraction of sp³-hybridized carbons (Fsp3) is 0.333. The molecule has 2 N–H and O–H groups in total. The molecular weight excluding hydrogens is 290 g/mol. The van der Waals surface area contributed by atoms with Gasteiger partial charge in [0.05, 0.1) is 6.10 Å². The van der Waals surface area contributed by atoms with Crippen LogP contribution in [0.15, 0.2) is 60.9 Å². The Kier molecular flexibility index (Phi) is 6.26. The van der Waals surface area contributed by atoms with Crippen molar-refractivity contribution in [1.82, 2.24) is 15.2 Å². The molecule has 1 aromatic rings. The van der Waals surface area contributed by atoms with E-state index in [2.05, 4.69) is 28.4 Å². The highest BCUT2D eigenvalue weighted by atomic mass is 16.3. The van der Waals surface area contributed by atoms with Gasteiger partial charge >= 0.3 is 0 Å². The van der Waals surface area contributed by atoms with Gasteiger partial charge in [-0.1, -0.05) is 31.4 Å². The summed E-state index contributed by atoms with van der Waals surface area (Å²) < 4.78 is 0. The van der Waals surface area contributed by atoms with Gasteiger partial charge in [0, 0.05) is 32.4 Å². The lowest BCUT2D eigenvalue weighted by molar-refractivity contribution is 0.0861. The molecule has 1 atom stereocenters. The average Bonchev–Trinajstić information content (AvgIpc) is 2.60. The van der Waals surface area contributed by atoms with E-state index < -0.39 is 6.10 Å². The van der Waals surface area contributed by atoms with E-state index >= 15 is 0 Å². The largest absolute Gasteiger partial charge is 0.390 e. The monoisotopic (exact) mass is 313 g/mol. The van der Waals surface area contributed by atoms with Crippen molar-refractivity contribution in [3.05, 3.63) is 66.5 Å². The highest BCUT2D eigenvalue weighted by Crippen LogP contribution is 2.19. The third-order valence-corrected chi connectivity index (χ3v) is 3.86. The van der Waals surface area contributed by atoms with E-state index in [1.165, 1.54) is 5.57 Å². The predicted octanol–water partition coefficient (Wildman–Crippen LogP) is 1.55. The second-order valence-electron chi connectivity index (χ2n) is 5.52. The number of carbonyl (C=O) groups excluding carboxylic acids is 1. The Morgan fingerprint density at radius 1 is 1.39 bits per heavy atom. The van der Waals surface area contributed by atoms with Crippen molar-refractivity contribution in [2.75, 3.05) is 26.2 Å². The molecule has 2 heterocycles. The van der Waals surface area contributed by atoms with E-state index in [0.29, 0.717) is 12.2 Å². The van der Waals surface area contributed by atoms with Gasteiger partial charge in [0.15, 0.2) is 0 Å². The number of hydrogen-bond donors (Lipinski definition) is 2. The number of aliphatic hydroxyl groups is 1. The summed E-state index contributed by atoms with van der Waals surface area (Å²) in [6.07, 6.45) is 5.56. The van der Waals surface area contributed by atoms with Crippen molar-refractivity contribution < 1.29 is 9.90 Å². The van der Waals surface area contributed by atoms with Crippen LogP contribution in [0.4, 0.5) is 0 Å². The van der Waals surface area contributed by atoms with Crippen LogP contribution in [0.5, 0.6) is 0 Å². The molecule has 122 valence electrons. The lowest BCUT2D eigenvalue weighted by Gasteiger charge is -2.30. The third kappa shape index (κ3) is 4.87. The molecule has 1 aliphatic heterocycles. The minimum Gasteiger partial charge on any atom is -0.390 e. The van der Waals surface area contributed by atoms with Crippen LogP contribution in [0.3, 0.4) is 0 Å². The van der Waals surface area contributed by atoms with Crippen molar-refractivity contribution in [2.24, 2.45) is 0 Å². The topological polar surface area (TPSA) is 65.5 Å². The molecule has 23 heavy (non-hydrogen) atoms. The van der Waals surface area contributed by atoms with E-state index in [-0.39, 0.29) is 12.5 Å². The number of β-amino-alcohol motifs (C(OH)–C–C–N with tert-alkyl or cyclic N) is 1. The van der Waals surface area contributed by atoms with Crippen molar-refractivity contribution in [1.29, 1.82) is 0 Å². The Hall–Kier alpha value is -2.24. The van der Waals surface area contributed by atoms with E-state index in [1.807, 2.05) is 12.2 Å². The molecule has 0 spiro atoms. The van der Waals surface area contributed by atoms with Gasteiger partial charge in [-0.15, -0.1) is 0 Å². The smallest absolute Gasteiger partial charge is 0.269 e. The molecule has 0 bridgehead atoms. The van der Waals surface area contributed by atoms with Gasteiger partial charge in [0.1, 0.15) is 5.69 Å². The molecule has 0 aliphatic carbocycles. The van der Waals surface area contributed by atoms with Gasteiger partial charge in [-0.05, 0) is 29.7 Å². The minimum atomic E-state index is -0.626. The molecule has 1 aliphatic rings. The number of nitrogens with one attached hydrogen (secondary N) is 1. The first kappa shape index (κ1) is 17.1. The molecule has 0 fully saturated rings. The zero-order valence-electron chi connectivity index (χ0n) is 13.2. The number of hydrogen-bond acceptors (Lipinski definition) is 4. The zero-order valence-corrected chi connectivity index (χ0v) is 13.2. The molecule has 0 aromatic carbocycles. The van der Waals surface area contributed by atoms with Gasteiger partial charge in [-0.3, -0.25) is 14.7 Å². The van der Waals surface area contributed by atoms with E-state index in [9.17, 15) is 9.90 Å². The fourth-order valence-corrected chi connectivity index (χ4v) is 2.61. The van der Waals surface area contributed by atoms with Crippen LogP contribution in [0.1, 0.15) is 16.9 Å². The van der Waals surface area contributed by atoms with Crippen molar-refractivity contribution >= 4 is 5.91 Å². The van der Waals surface area contributed by atoms with E-state index in [1.54, 1.807) is 24.4 Å². The Balaban J connectivity index is 1.80. The first-order valence-electron chi connectivity index (χ1n) is 7.70. The number of rotatable bonds is 7. The molecule has 0 saturated carbocycles. The minimum absolute atomic E-state index is 0.202. The highest BCUT2D eigenvalue weighted by Gasteiger charge is 2.19. The molecule has 1 amide bonds. The van der Waals surface area contributed by atoms with Gasteiger partial charge in [-0.25, -0.2) is 0 Å². The summed E-state index contributed by atoms with van der Waals surface area (Å²) in [6.45, 7) is 9.97. The number of pyridine rings is 1. The molecule has 0 saturated heterocycles. The standard InChI is InChI=1S/C18H23N3O2/c1-3-14-8-10-21(12-15(14)4-2)13-16(22)11-20-18(23)17-7-5-6-9-19-17/h3-7,9,16,22H,1-2,8,10-13H2,(H,20,23). The summed E-state index contributed by atoms with van der Waals surface area (Å²) in [4.78, 5) is 18.0. The van der Waals surface area contributed by atoms with Gasteiger partial charge in [-0.2, -0.15) is 0 Å². The summed E-state index contributed by atoms with van der Waals surface area (Å²) >= 11 is 0. The number of aliphatic hydroxyl groups excluding tert-OH is 1. The molecule has 1 aromatic heterocycles. The van der Waals surface area contributed by atoms with E-state index in [4.69, 9.17) is 0 Å². The lowest BCUT2D eigenvalue weighted by Crippen LogP contribution is -2.42. The summed E-state index contributed by atoms with van der Waals surface area (Å²) in [5.74, 6) is -0.274. The van der Waals surface area contributed by atoms with Crippen molar-refractivity contribution in [3.8, 4) is 0 Å². The number of carbonyl (C=O) groups is 1. The molecule has 5 heteroatoms. The summed E-state index contributed by atoms with van der Waals surface area (Å²) in [5, 5.41) is 12.8. The van der Waals surface area contributed by atoms with Crippen LogP contribution in [0.2, 0.25) is 0 Å². The number of aromatic nitrogens is 1. The van der Waals surface area contributed by atoms with E-state index in [0.717, 1.165) is 25.1 Å². The molecule has 1 unspecified atom stereocenters. The van der Waals surface area contributed by atoms with Crippen molar-refractivity contribution in [2.45, 2.75) is 12.5 Å². The van der Waals surface area contributed by atoms with Gasteiger partial charge in [0.2, 0.25) is 0 Å². The number of allylic oxidation sites excluding steroid dienone is 1. The second-order valence-corrected chi connectivity index (χ2v) is 5.52. The summed E-state index contributed by atoms with van der Waals surface area (Å²) in [7, 11) is 0. The Bertz CT molecular complexity index is 596. The van der Waals surface area contributed by atoms with Gasteiger partial charge < -0.3 is 10.4 Å².